The summed E-state index contributed by atoms with van der Waals surface area (Å²) in [6, 6.07) is 2.96. The van der Waals surface area contributed by atoms with Crippen LogP contribution in [-0.2, 0) is 4.79 Å². The van der Waals surface area contributed by atoms with Crippen molar-refractivity contribution >= 4 is 11.6 Å². The Hall–Kier alpha value is -1.79. The van der Waals surface area contributed by atoms with E-state index in [-0.39, 0.29) is 11.4 Å². The average Bonchev–Trinajstić information content (AvgIpc) is 2.25. The van der Waals surface area contributed by atoms with Gasteiger partial charge in [0.05, 0.1) is 12.8 Å². The largest absolute Gasteiger partial charge is 0.495 e. The van der Waals surface area contributed by atoms with Gasteiger partial charge in [-0.05, 0) is 12.1 Å². The third kappa shape index (κ3) is 2.86. The first-order chi connectivity index (χ1) is 7.77. The number of carbonyl (C=O) groups is 1. The third-order valence-corrected chi connectivity index (χ3v) is 2.05. The summed E-state index contributed by atoms with van der Waals surface area (Å²) in [6.45, 7) is 0. The first kappa shape index (κ1) is 13.3. The van der Waals surface area contributed by atoms with Gasteiger partial charge in [0.25, 0.3) is 0 Å². The molecule has 0 bridgehead atoms. The lowest BCUT2D eigenvalue weighted by atomic mass is 10.2. The van der Waals surface area contributed by atoms with Crippen molar-refractivity contribution in [2.45, 2.75) is 6.18 Å². The van der Waals surface area contributed by atoms with E-state index in [1.54, 1.807) is 0 Å². The summed E-state index contributed by atoms with van der Waals surface area (Å²) in [5.41, 5.74) is -0.283. The Labute approximate surface area is 94.6 Å². The number of halogens is 4. The molecule has 1 aromatic carbocycles. The molecule has 0 saturated carbocycles. The molecule has 3 nitrogen and oxygen atoms in total. The number of hydrogen-bond acceptors (Lipinski definition) is 2. The average molecular weight is 251 g/mol. The fourth-order valence-electron chi connectivity index (χ4n) is 1.22. The Morgan fingerprint density at radius 1 is 1.35 bits per heavy atom. The van der Waals surface area contributed by atoms with E-state index in [0.29, 0.717) is 4.90 Å². The van der Waals surface area contributed by atoms with Crippen LogP contribution in [0.3, 0.4) is 0 Å². The van der Waals surface area contributed by atoms with Gasteiger partial charge in [0, 0.05) is 13.1 Å². The lowest BCUT2D eigenvalue weighted by molar-refractivity contribution is -0.170. The molecular formula is C10H9F4NO2. The van der Waals surface area contributed by atoms with Crippen molar-refractivity contribution in [3.05, 3.63) is 24.0 Å². The quantitative estimate of drug-likeness (QED) is 0.755. The minimum atomic E-state index is -5.02. The van der Waals surface area contributed by atoms with Crippen molar-refractivity contribution in [1.29, 1.82) is 0 Å². The zero-order valence-electron chi connectivity index (χ0n) is 9.01. The molecule has 17 heavy (non-hydrogen) atoms. The zero-order chi connectivity index (χ0) is 13.2. The Bertz CT molecular complexity index is 431. The van der Waals surface area contributed by atoms with Crippen molar-refractivity contribution in [1.82, 2.24) is 0 Å². The lowest BCUT2D eigenvalue weighted by Crippen LogP contribution is -2.38. The van der Waals surface area contributed by atoms with E-state index in [2.05, 4.69) is 0 Å². The van der Waals surface area contributed by atoms with Gasteiger partial charge in [0.2, 0.25) is 0 Å². The molecule has 94 valence electrons. The number of anilines is 1. The first-order valence-corrected chi connectivity index (χ1v) is 4.45. The third-order valence-electron chi connectivity index (χ3n) is 2.05. The molecule has 0 aliphatic heterocycles. The highest BCUT2D eigenvalue weighted by Crippen LogP contribution is 2.30. The molecule has 0 aromatic heterocycles. The van der Waals surface area contributed by atoms with Crippen LogP contribution in [-0.4, -0.2) is 26.2 Å². The van der Waals surface area contributed by atoms with E-state index in [4.69, 9.17) is 4.74 Å². The van der Waals surface area contributed by atoms with Crippen LogP contribution < -0.4 is 9.64 Å². The minimum Gasteiger partial charge on any atom is -0.495 e. The van der Waals surface area contributed by atoms with Gasteiger partial charge in [-0.3, -0.25) is 4.79 Å². The van der Waals surface area contributed by atoms with Crippen molar-refractivity contribution in [2.75, 3.05) is 19.1 Å². The molecule has 7 heteroatoms. The smallest absolute Gasteiger partial charge is 0.471 e. The van der Waals surface area contributed by atoms with Crippen LogP contribution in [0.25, 0.3) is 0 Å². The van der Waals surface area contributed by atoms with E-state index in [9.17, 15) is 22.4 Å². The topological polar surface area (TPSA) is 29.5 Å². The maximum atomic E-state index is 12.9. The predicted molar refractivity (Wildman–Crippen MR) is 52.4 cm³/mol. The van der Waals surface area contributed by atoms with Crippen LogP contribution in [0.2, 0.25) is 0 Å². The van der Waals surface area contributed by atoms with Crippen molar-refractivity contribution < 1.29 is 27.1 Å². The number of nitrogens with zero attached hydrogens (tertiary/aromatic N) is 1. The number of methoxy groups -OCH3 is 1. The summed E-state index contributed by atoms with van der Waals surface area (Å²) in [5.74, 6) is -2.88. The molecule has 1 aromatic rings. The van der Waals surface area contributed by atoms with Crippen LogP contribution >= 0.6 is 0 Å². The molecule has 1 rings (SSSR count). The van der Waals surface area contributed by atoms with Crippen LogP contribution in [0, 0.1) is 5.82 Å². The summed E-state index contributed by atoms with van der Waals surface area (Å²) < 4.78 is 54.3. The number of ether oxygens (including phenoxy) is 1. The number of benzene rings is 1. The van der Waals surface area contributed by atoms with Crippen molar-refractivity contribution in [2.24, 2.45) is 0 Å². The second kappa shape index (κ2) is 4.60. The Morgan fingerprint density at radius 2 is 1.94 bits per heavy atom. The van der Waals surface area contributed by atoms with Crippen LogP contribution in [0.4, 0.5) is 23.2 Å². The molecule has 0 unspecified atom stereocenters. The van der Waals surface area contributed by atoms with Crippen LogP contribution in [0.1, 0.15) is 0 Å². The number of hydrogen-bond donors (Lipinski definition) is 0. The SMILES string of the molecule is COc1ccc(F)cc1N(C)C(=O)C(F)(F)F. The summed E-state index contributed by atoms with van der Waals surface area (Å²) in [6.07, 6.45) is -5.02. The van der Waals surface area contributed by atoms with Gasteiger partial charge < -0.3 is 9.64 Å². The summed E-state index contributed by atoms with van der Waals surface area (Å²) in [7, 11) is 2.11. The maximum absolute atomic E-state index is 12.9. The summed E-state index contributed by atoms with van der Waals surface area (Å²) in [4.78, 5) is 11.3. The highest BCUT2D eigenvalue weighted by molar-refractivity contribution is 5.98. The van der Waals surface area contributed by atoms with Crippen LogP contribution in [0.15, 0.2) is 18.2 Å². The summed E-state index contributed by atoms with van der Waals surface area (Å²) in [5, 5.41) is 0. The number of alkyl halides is 3. The van der Waals surface area contributed by atoms with Gasteiger partial charge in [-0.25, -0.2) is 4.39 Å². The normalized spacial score (nSPS) is 11.2. The molecule has 0 atom stereocenters. The number of carbonyl (C=O) groups excluding carboxylic acids is 1. The van der Waals surface area contributed by atoms with E-state index >= 15 is 0 Å². The van der Waals surface area contributed by atoms with Gasteiger partial charge >= 0.3 is 12.1 Å². The molecule has 1 amide bonds. The predicted octanol–water partition coefficient (Wildman–Crippen LogP) is 2.36. The molecule has 0 radical (unpaired) electrons. The zero-order valence-corrected chi connectivity index (χ0v) is 9.01. The van der Waals surface area contributed by atoms with Gasteiger partial charge in [-0.15, -0.1) is 0 Å². The Kier molecular flexibility index (Phi) is 3.59. The Morgan fingerprint density at radius 3 is 2.41 bits per heavy atom. The highest BCUT2D eigenvalue weighted by Gasteiger charge is 2.42. The van der Waals surface area contributed by atoms with E-state index in [1.165, 1.54) is 7.11 Å². The molecular weight excluding hydrogens is 242 g/mol. The number of amides is 1. The van der Waals surface area contributed by atoms with E-state index < -0.39 is 17.9 Å². The van der Waals surface area contributed by atoms with Gasteiger partial charge in [0.1, 0.15) is 11.6 Å². The second-order valence-corrected chi connectivity index (χ2v) is 3.18. The monoisotopic (exact) mass is 251 g/mol. The molecule has 0 aliphatic rings. The standard InChI is InChI=1S/C10H9F4NO2/c1-15(9(16)10(12,13)14)7-5-6(11)3-4-8(7)17-2/h3-5H,1-2H3. The molecule has 0 saturated heterocycles. The number of rotatable bonds is 2. The highest BCUT2D eigenvalue weighted by atomic mass is 19.4. The fraction of sp³-hybridized carbons (Fsp3) is 0.300. The molecule has 0 spiro atoms. The van der Waals surface area contributed by atoms with E-state index in [1.807, 2.05) is 0 Å². The van der Waals surface area contributed by atoms with Crippen molar-refractivity contribution in [3.63, 3.8) is 0 Å². The Balaban J connectivity index is 3.15. The maximum Gasteiger partial charge on any atom is 0.471 e. The minimum absolute atomic E-state index is 0.0218. The fourth-order valence-corrected chi connectivity index (χ4v) is 1.22. The molecule has 0 N–H and O–H groups in total. The van der Waals surface area contributed by atoms with Gasteiger partial charge in [0.15, 0.2) is 0 Å². The molecule has 0 heterocycles. The van der Waals surface area contributed by atoms with Gasteiger partial charge in [-0.1, -0.05) is 0 Å². The van der Waals surface area contributed by atoms with Crippen LogP contribution in [0.5, 0.6) is 5.75 Å². The van der Waals surface area contributed by atoms with Crippen molar-refractivity contribution in [3.8, 4) is 5.75 Å². The lowest BCUT2D eigenvalue weighted by Gasteiger charge is -2.20. The first-order valence-electron chi connectivity index (χ1n) is 4.45. The second-order valence-electron chi connectivity index (χ2n) is 3.18. The van der Waals surface area contributed by atoms with Gasteiger partial charge in [-0.2, -0.15) is 13.2 Å². The molecule has 0 aliphatic carbocycles. The van der Waals surface area contributed by atoms with E-state index in [0.717, 1.165) is 25.2 Å². The molecule has 0 fully saturated rings. The summed E-state index contributed by atoms with van der Waals surface area (Å²) >= 11 is 0.